The second-order valence-corrected chi connectivity index (χ2v) is 6.75. The van der Waals surface area contributed by atoms with E-state index in [0.717, 1.165) is 24.1 Å². The van der Waals surface area contributed by atoms with Gasteiger partial charge in [-0.05, 0) is 47.7 Å². The van der Waals surface area contributed by atoms with E-state index in [-0.39, 0.29) is 12.8 Å². The molecule has 0 unspecified atom stereocenters. The molecular weight excluding hydrogens is 365 g/mol. The van der Waals surface area contributed by atoms with Crippen LogP contribution in [0, 0.1) is 5.82 Å². The highest BCUT2D eigenvalue weighted by molar-refractivity contribution is 5.62. The number of likely N-dealkylation sites (N-methyl/N-ethyl adjacent to an activating group) is 1. The lowest BCUT2D eigenvalue weighted by Crippen LogP contribution is -2.35. The molecule has 0 spiro atoms. The van der Waals surface area contributed by atoms with Crippen molar-refractivity contribution in [3.05, 3.63) is 53.1 Å². The molecule has 0 N–H and O–H groups in total. The van der Waals surface area contributed by atoms with Crippen LogP contribution in [-0.2, 0) is 6.42 Å². The first kappa shape index (κ1) is 16.9. The highest BCUT2D eigenvalue weighted by Gasteiger charge is 2.37. The molecule has 2 aliphatic rings. The zero-order valence-electron chi connectivity index (χ0n) is 15.4. The number of rotatable bonds is 3. The van der Waals surface area contributed by atoms with E-state index in [9.17, 15) is 4.39 Å². The Labute approximate surface area is 160 Å². The van der Waals surface area contributed by atoms with Crippen molar-refractivity contribution in [2.75, 3.05) is 27.5 Å². The van der Waals surface area contributed by atoms with Crippen LogP contribution >= 0.6 is 0 Å². The summed E-state index contributed by atoms with van der Waals surface area (Å²) in [4.78, 5) is 2.12. The third-order valence-electron chi connectivity index (χ3n) is 5.21. The summed E-state index contributed by atoms with van der Waals surface area (Å²) >= 11 is 0. The predicted octanol–water partition coefficient (Wildman–Crippen LogP) is 2.12. The van der Waals surface area contributed by atoms with Gasteiger partial charge in [0.15, 0.2) is 17.3 Å². The summed E-state index contributed by atoms with van der Waals surface area (Å²) in [6, 6.07) is 8.07. The first-order valence-corrected chi connectivity index (χ1v) is 8.92. The zero-order chi connectivity index (χ0) is 19.3. The van der Waals surface area contributed by atoms with Crippen molar-refractivity contribution in [1.29, 1.82) is 0 Å². The van der Waals surface area contributed by atoms with Crippen LogP contribution in [0.25, 0.3) is 5.69 Å². The van der Waals surface area contributed by atoms with E-state index >= 15 is 0 Å². The Morgan fingerprint density at radius 1 is 1.25 bits per heavy atom. The number of nitrogens with zero attached hydrogens (tertiary/aromatic N) is 5. The normalized spacial score (nSPS) is 18.2. The zero-order valence-corrected chi connectivity index (χ0v) is 15.4. The molecule has 0 bridgehead atoms. The average Bonchev–Trinajstić information content (AvgIpc) is 3.36. The van der Waals surface area contributed by atoms with Crippen LogP contribution < -0.4 is 14.2 Å². The number of hydrogen-bond acceptors (Lipinski definition) is 7. The van der Waals surface area contributed by atoms with Crippen molar-refractivity contribution in [2.24, 2.45) is 0 Å². The largest absolute Gasteiger partial charge is 0.492 e. The second kappa shape index (κ2) is 6.45. The van der Waals surface area contributed by atoms with E-state index in [1.807, 2.05) is 13.1 Å². The van der Waals surface area contributed by atoms with Crippen LogP contribution in [-0.4, -0.2) is 52.6 Å². The monoisotopic (exact) mass is 383 g/mol. The fraction of sp³-hybridized carbons (Fsp3) is 0.316. The minimum Gasteiger partial charge on any atom is -0.492 e. The van der Waals surface area contributed by atoms with Crippen molar-refractivity contribution in [3.63, 3.8) is 0 Å². The summed E-state index contributed by atoms with van der Waals surface area (Å²) in [6.07, 6.45) is 0.816. The predicted molar refractivity (Wildman–Crippen MR) is 96.4 cm³/mol. The molecule has 0 aliphatic carbocycles. The van der Waals surface area contributed by atoms with Crippen LogP contribution in [0.2, 0.25) is 0 Å². The van der Waals surface area contributed by atoms with Gasteiger partial charge in [-0.25, -0.2) is 4.39 Å². The van der Waals surface area contributed by atoms with E-state index in [4.69, 9.17) is 14.2 Å². The number of aromatic nitrogens is 4. The summed E-state index contributed by atoms with van der Waals surface area (Å²) in [5.41, 5.74) is 2.28. The molecule has 8 nitrogen and oxygen atoms in total. The first-order valence-electron chi connectivity index (χ1n) is 8.92. The number of tetrazole rings is 1. The van der Waals surface area contributed by atoms with Gasteiger partial charge >= 0.3 is 0 Å². The number of para-hydroxylation sites is 1. The van der Waals surface area contributed by atoms with Crippen molar-refractivity contribution < 1.29 is 18.6 Å². The number of halogens is 1. The Kier molecular flexibility index (Phi) is 3.90. The molecule has 28 heavy (non-hydrogen) atoms. The number of ether oxygens (including phenoxy) is 3. The molecule has 5 rings (SSSR count). The minimum atomic E-state index is -0.396. The van der Waals surface area contributed by atoms with Gasteiger partial charge in [0.25, 0.3) is 0 Å². The quantitative estimate of drug-likeness (QED) is 0.686. The Bertz CT molecular complexity index is 1050. The van der Waals surface area contributed by atoms with Gasteiger partial charge < -0.3 is 14.2 Å². The molecule has 1 aromatic heterocycles. The van der Waals surface area contributed by atoms with Crippen molar-refractivity contribution >= 4 is 0 Å². The van der Waals surface area contributed by atoms with Gasteiger partial charge in [-0.15, -0.1) is 5.10 Å². The molecule has 1 atom stereocenters. The van der Waals surface area contributed by atoms with E-state index < -0.39 is 5.82 Å². The van der Waals surface area contributed by atoms with Gasteiger partial charge in [-0.3, -0.25) is 4.90 Å². The van der Waals surface area contributed by atoms with Gasteiger partial charge in [0, 0.05) is 12.1 Å². The fourth-order valence-corrected chi connectivity index (χ4v) is 3.92. The van der Waals surface area contributed by atoms with Gasteiger partial charge in [0.2, 0.25) is 12.5 Å². The third kappa shape index (κ3) is 2.43. The van der Waals surface area contributed by atoms with Gasteiger partial charge in [0.05, 0.1) is 7.11 Å². The molecule has 2 aliphatic heterocycles. The Balaban J connectivity index is 1.72. The van der Waals surface area contributed by atoms with Crippen LogP contribution in [0.5, 0.6) is 17.2 Å². The number of hydrogen-bond donors (Lipinski definition) is 0. The lowest BCUT2D eigenvalue weighted by atomic mass is 9.90. The summed E-state index contributed by atoms with van der Waals surface area (Å²) in [7, 11) is 3.58. The molecule has 0 fully saturated rings. The number of fused-ring (bicyclic) bond motifs is 2. The summed E-state index contributed by atoms with van der Waals surface area (Å²) in [5, 5.41) is 12.1. The smallest absolute Gasteiger partial charge is 0.231 e. The topological polar surface area (TPSA) is 74.5 Å². The maximum absolute atomic E-state index is 14.4. The van der Waals surface area contributed by atoms with Gasteiger partial charge in [-0.2, -0.15) is 4.68 Å². The Morgan fingerprint density at radius 3 is 2.93 bits per heavy atom. The highest BCUT2D eigenvalue weighted by atomic mass is 19.1. The molecule has 0 saturated carbocycles. The van der Waals surface area contributed by atoms with E-state index in [0.29, 0.717) is 28.8 Å². The average molecular weight is 383 g/mol. The molecule has 3 aromatic rings. The van der Waals surface area contributed by atoms with Crippen LogP contribution in [0.4, 0.5) is 4.39 Å². The summed E-state index contributed by atoms with van der Waals surface area (Å²) < 4.78 is 32.8. The lowest BCUT2D eigenvalue weighted by Gasteiger charge is -2.34. The molecule has 2 aromatic carbocycles. The van der Waals surface area contributed by atoms with Crippen LogP contribution in [0.3, 0.4) is 0 Å². The molecular formula is C19H18FN5O3. The van der Waals surface area contributed by atoms with Crippen molar-refractivity contribution in [1.82, 2.24) is 25.1 Å². The Morgan fingerprint density at radius 2 is 2.11 bits per heavy atom. The standard InChI is InChI=1S/C19H18FN5O3/c1-24-8-7-11-9-14-17(28-10-27-14)18(26-2)15(11)16(24)19-21-22-23-25(19)13-6-4-3-5-12(13)20/h3-6,9,16H,7-8,10H2,1-2H3/t16-/m1/s1. The summed E-state index contributed by atoms with van der Waals surface area (Å²) in [5.74, 6) is 1.96. The molecule has 144 valence electrons. The number of benzene rings is 2. The molecule has 9 heteroatoms. The van der Waals surface area contributed by atoms with E-state index in [1.165, 1.54) is 10.7 Å². The third-order valence-corrected chi connectivity index (χ3v) is 5.21. The second-order valence-electron chi connectivity index (χ2n) is 6.75. The van der Waals surface area contributed by atoms with Crippen LogP contribution in [0.15, 0.2) is 30.3 Å². The van der Waals surface area contributed by atoms with Gasteiger partial charge in [-0.1, -0.05) is 12.1 Å². The maximum atomic E-state index is 14.4. The summed E-state index contributed by atoms with van der Waals surface area (Å²) in [6.45, 7) is 0.937. The van der Waals surface area contributed by atoms with Crippen LogP contribution in [0.1, 0.15) is 23.0 Å². The van der Waals surface area contributed by atoms with E-state index in [1.54, 1.807) is 25.3 Å². The Hall–Kier alpha value is -3.20. The molecule has 0 saturated heterocycles. The van der Waals surface area contributed by atoms with E-state index in [2.05, 4.69) is 20.4 Å². The number of methoxy groups -OCH3 is 1. The van der Waals surface area contributed by atoms with Gasteiger partial charge in [0.1, 0.15) is 17.5 Å². The first-order chi connectivity index (χ1) is 13.7. The molecule has 0 amide bonds. The lowest BCUT2D eigenvalue weighted by molar-refractivity contribution is 0.170. The maximum Gasteiger partial charge on any atom is 0.231 e. The fourth-order valence-electron chi connectivity index (χ4n) is 3.92. The molecule has 3 heterocycles. The highest BCUT2D eigenvalue weighted by Crippen LogP contribution is 2.50. The SMILES string of the molecule is COc1c2c(cc3c1[C@H](c1nnnn1-c1ccccc1F)N(C)CC3)OCO2. The minimum absolute atomic E-state index is 0.155. The van der Waals surface area contributed by atoms with Crippen molar-refractivity contribution in [2.45, 2.75) is 12.5 Å². The molecule has 0 radical (unpaired) electrons. The van der Waals surface area contributed by atoms with Crippen molar-refractivity contribution in [3.8, 4) is 22.9 Å².